The molecule has 0 heterocycles. The van der Waals surface area contributed by atoms with Gasteiger partial charge in [-0.3, -0.25) is 0 Å². The average molecular weight is 268 g/mol. The van der Waals surface area contributed by atoms with Gasteiger partial charge in [-0.05, 0) is 44.1 Å². The summed E-state index contributed by atoms with van der Waals surface area (Å²) in [5, 5.41) is 9.77. The molecule has 1 unspecified atom stereocenters. The maximum atomic E-state index is 10.1. The Morgan fingerprint density at radius 3 is 2.79 bits per heavy atom. The Bertz CT molecular complexity index is 345. The Labute approximate surface area is 114 Å². The summed E-state index contributed by atoms with van der Waals surface area (Å²) >= 11 is 0. The second-order valence-electron chi connectivity index (χ2n) is 3.82. The first kappa shape index (κ1) is 17.6. The van der Waals surface area contributed by atoms with Crippen molar-refractivity contribution in [1.82, 2.24) is 0 Å². The zero-order valence-electron chi connectivity index (χ0n) is 11.4. The molecular weight excluding hydrogens is 244 g/mol. The quantitative estimate of drug-likeness (QED) is 0.482. The SMILES string of the molecule is CN.NCCC(O)c1cccc(OCCCC=O)c1. The Morgan fingerprint density at radius 1 is 1.42 bits per heavy atom. The minimum Gasteiger partial charge on any atom is -0.494 e. The van der Waals surface area contributed by atoms with Gasteiger partial charge >= 0.3 is 0 Å². The van der Waals surface area contributed by atoms with Gasteiger partial charge in [0.2, 0.25) is 0 Å². The number of benzene rings is 1. The van der Waals surface area contributed by atoms with E-state index >= 15 is 0 Å². The molecule has 1 atom stereocenters. The predicted octanol–water partition coefficient (Wildman–Crippen LogP) is 1.00. The largest absolute Gasteiger partial charge is 0.494 e. The van der Waals surface area contributed by atoms with E-state index in [0.29, 0.717) is 38.2 Å². The van der Waals surface area contributed by atoms with E-state index in [2.05, 4.69) is 5.73 Å². The zero-order valence-corrected chi connectivity index (χ0v) is 11.4. The monoisotopic (exact) mass is 268 g/mol. The normalized spacial score (nSPS) is 11.2. The fourth-order valence-electron chi connectivity index (χ4n) is 1.49. The van der Waals surface area contributed by atoms with Crippen molar-refractivity contribution in [1.29, 1.82) is 0 Å². The number of carbonyl (C=O) groups excluding carboxylic acids is 1. The van der Waals surface area contributed by atoms with Crippen molar-refractivity contribution in [2.45, 2.75) is 25.4 Å². The highest BCUT2D eigenvalue weighted by atomic mass is 16.5. The van der Waals surface area contributed by atoms with E-state index in [0.717, 1.165) is 11.8 Å². The molecule has 0 saturated heterocycles. The van der Waals surface area contributed by atoms with Gasteiger partial charge in [0.15, 0.2) is 0 Å². The number of hydrogen-bond acceptors (Lipinski definition) is 5. The molecule has 0 radical (unpaired) electrons. The first-order valence-corrected chi connectivity index (χ1v) is 6.40. The Hall–Kier alpha value is -1.43. The van der Waals surface area contributed by atoms with Gasteiger partial charge < -0.3 is 26.1 Å². The van der Waals surface area contributed by atoms with E-state index in [1.807, 2.05) is 18.2 Å². The Morgan fingerprint density at radius 2 is 2.16 bits per heavy atom. The summed E-state index contributed by atoms with van der Waals surface area (Å²) < 4.78 is 5.48. The number of aliphatic hydroxyl groups excluding tert-OH is 1. The van der Waals surface area contributed by atoms with Gasteiger partial charge in [-0.15, -0.1) is 0 Å². The lowest BCUT2D eigenvalue weighted by molar-refractivity contribution is -0.108. The first-order valence-electron chi connectivity index (χ1n) is 6.40. The van der Waals surface area contributed by atoms with Crippen LogP contribution in [0.4, 0.5) is 0 Å². The van der Waals surface area contributed by atoms with Crippen molar-refractivity contribution in [3.05, 3.63) is 29.8 Å². The second-order valence-corrected chi connectivity index (χ2v) is 3.82. The summed E-state index contributed by atoms with van der Waals surface area (Å²) in [7, 11) is 1.50. The lowest BCUT2D eigenvalue weighted by atomic mass is 10.1. The maximum Gasteiger partial charge on any atom is 0.120 e. The number of rotatable bonds is 8. The van der Waals surface area contributed by atoms with Crippen LogP contribution < -0.4 is 16.2 Å². The molecule has 1 rings (SSSR count). The number of aldehydes is 1. The molecule has 0 bridgehead atoms. The first-order chi connectivity index (χ1) is 9.27. The molecule has 0 aromatic heterocycles. The van der Waals surface area contributed by atoms with Gasteiger partial charge in [0, 0.05) is 6.42 Å². The molecule has 0 aliphatic heterocycles. The van der Waals surface area contributed by atoms with E-state index < -0.39 is 6.10 Å². The van der Waals surface area contributed by atoms with Crippen molar-refractivity contribution in [3.63, 3.8) is 0 Å². The van der Waals surface area contributed by atoms with Crippen LogP contribution in [-0.4, -0.2) is 31.6 Å². The molecule has 108 valence electrons. The maximum absolute atomic E-state index is 10.1. The van der Waals surface area contributed by atoms with Crippen LogP contribution in [0.3, 0.4) is 0 Å². The van der Waals surface area contributed by atoms with Crippen molar-refractivity contribution >= 4 is 6.29 Å². The number of ether oxygens (including phenoxy) is 1. The number of aliphatic hydroxyl groups is 1. The highest BCUT2D eigenvalue weighted by Gasteiger charge is 2.07. The fourth-order valence-corrected chi connectivity index (χ4v) is 1.49. The van der Waals surface area contributed by atoms with Gasteiger partial charge in [0.25, 0.3) is 0 Å². The molecule has 0 saturated carbocycles. The summed E-state index contributed by atoms with van der Waals surface area (Å²) in [6.45, 7) is 0.959. The summed E-state index contributed by atoms with van der Waals surface area (Å²) in [5.41, 5.74) is 10.7. The zero-order chi connectivity index (χ0) is 14.5. The number of nitrogens with two attached hydrogens (primary N) is 2. The van der Waals surface area contributed by atoms with Crippen molar-refractivity contribution in [2.24, 2.45) is 11.5 Å². The molecule has 19 heavy (non-hydrogen) atoms. The molecule has 0 fully saturated rings. The third-order valence-electron chi connectivity index (χ3n) is 2.42. The molecule has 0 aliphatic rings. The molecule has 5 heteroatoms. The van der Waals surface area contributed by atoms with Crippen LogP contribution in [0.5, 0.6) is 5.75 Å². The summed E-state index contributed by atoms with van der Waals surface area (Å²) in [6.07, 6.45) is 2.09. The lowest BCUT2D eigenvalue weighted by Crippen LogP contribution is -2.07. The van der Waals surface area contributed by atoms with Crippen LogP contribution in [0.1, 0.15) is 30.9 Å². The summed E-state index contributed by atoms with van der Waals surface area (Å²) in [6, 6.07) is 7.32. The van der Waals surface area contributed by atoms with E-state index in [-0.39, 0.29) is 0 Å². The number of carbonyl (C=O) groups is 1. The number of unbranched alkanes of at least 4 members (excludes halogenated alkanes) is 1. The van der Waals surface area contributed by atoms with Gasteiger partial charge in [-0.1, -0.05) is 12.1 Å². The third kappa shape index (κ3) is 7.56. The molecule has 1 aromatic carbocycles. The van der Waals surface area contributed by atoms with Crippen LogP contribution in [0, 0.1) is 0 Å². The van der Waals surface area contributed by atoms with Crippen molar-refractivity contribution < 1.29 is 14.6 Å². The molecule has 5 N–H and O–H groups in total. The van der Waals surface area contributed by atoms with Crippen molar-refractivity contribution in [2.75, 3.05) is 20.2 Å². The average Bonchev–Trinajstić information content (AvgIpc) is 2.46. The molecular formula is C14H24N2O3. The smallest absolute Gasteiger partial charge is 0.120 e. The lowest BCUT2D eigenvalue weighted by Gasteiger charge is -2.11. The summed E-state index contributed by atoms with van der Waals surface area (Å²) in [5.74, 6) is 0.712. The minimum atomic E-state index is -0.543. The van der Waals surface area contributed by atoms with Crippen LogP contribution in [-0.2, 0) is 4.79 Å². The highest BCUT2D eigenvalue weighted by molar-refractivity contribution is 5.49. The van der Waals surface area contributed by atoms with Gasteiger partial charge in [-0.2, -0.15) is 0 Å². The highest BCUT2D eigenvalue weighted by Crippen LogP contribution is 2.21. The fraction of sp³-hybridized carbons (Fsp3) is 0.500. The molecule has 0 amide bonds. The third-order valence-corrected chi connectivity index (χ3v) is 2.42. The molecule has 1 aromatic rings. The van der Waals surface area contributed by atoms with Gasteiger partial charge in [0.1, 0.15) is 12.0 Å². The van der Waals surface area contributed by atoms with Crippen LogP contribution in [0.2, 0.25) is 0 Å². The van der Waals surface area contributed by atoms with Gasteiger partial charge in [0.05, 0.1) is 12.7 Å². The molecule has 0 aliphatic carbocycles. The van der Waals surface area contributed by atoms with E-state index in [9.17, 15) is 9.90 Å². The second kappa shape index (κ2) is 11.6. The van der Waals surface area contributed by atoms with E-state index in [4.69, 9.17) is 10.5 Å². The van der Waals surface area contributed by atoms with Gasteiger partial charge in [-0.25, -0.2) is 0 Å². The summed E-state index contributed by atoms with van der Waals surface area (Å²) in [4.78, 5) is 10.1. The van der Waals surface area contributed by atoms with Crippen LogP contribution >= 0.6 is 0 Å². The van der Waals surface area contributed by atoms with Crippen molar-refractivity contribution in [3.8, 4) is 5.75 Å². The Balaban J connectivity index is 0.00000154. The number of hydrogen-bond donors (Lipinski definition) is 3. The topological polar surface area (TPSA) is 98.6 Å². The minimum absolute atomic E-state index is 0.450. The van der Waals surface area contributed by atoms with Crippen LogP contribution in [0.25, 0.3) is 0 Å². The van der Waals surface area contributed by atoms with Crippen LogP contribution in [0.15, 0.2) is 24.3 Å². The standard InChI is InChI=1S/C13H19NO3.CH5N/c14-7-6-13(16)11-4-3-5-12(10-11)17-9-2-1-8-15;1-2/h3-5,8,10,13,16H,1-2,6-7,9,14H2;2H2,1H3. The Kier molecular flexibility index (Phi) is 10.8. The molecule has 0 spiro atoms. The predicted molar refractivity (Wildman–Crippen MR) is 76.0 cm³/mol. The van der Waals surface area contributed by atoms with E-state index in [1.54, 1.807) is 6.07 Å². The molecule has 5 nitrogen and oxygen atoms in total. The van der Waals surface area contributed by atoms with E-state index in [1.165, 1.54) is 7.05 Å².